The minimum absolute atomic E-state index is 0.00205. The van der Waals surface area contributed by atoms with Crippen LogP contribution < -0.4 is 15.3 Å². The van der Waals surface area contributed by atoms with Gasteiger partial charge in [-0.25, -0.2) is 5.43 Å². The van der Waals surface area contributed by atoms with Crippen molar-refractivity contribution in [3.05, 3.63) is 65.2 Å². The summed E-state index contributed by atoms with van der Waals surface area (Å²) in [5, 5.41) is 14.7. The highest BCUT2D eigenvalue weighted by Crippen LogP contribution is 2.16. The lowest BCUT2D eigenvalue weighted by atomic mass is 10.1. The molecule has 0 aliphatic heterocycles. The number of hydrogen-bond donors (Lipinski definition) is 1. The van der Waals surface area contributed by atoms with Gasteiger partial charge in [-0.2, -0.15) is 5.10 Å². The maximum atomic E-state index is 12.0. The lowest BCUT2D eigenvalue weighted by molar-refractivity contribution is -0.255. The molecule has 112 valence electrons. The number of benzene rings is 2. The van der Waals surface area contributed by atoms with E-state index in [0.29, 0.717) is 16.9 Å². The molecule has 1 amide bonds. The van der Waals surface area contributed by atoms with E-state index in [2.05, 4.69) is 10.5 Å². The third-order valence-electron chi connectivity index (χ3n) is 2.90. The fraction of sp³-hybridized carbons (Fsp3) is 0.0625. The normalized spacial score (nSPS) is 10.4. The first kappa shape index (κ1) is 15.2. The number of carboxylic acid groups (broad SMARTS) is 1. The molecule has 22 heavy (non-hydrogen) atoms. The van der Waals surface area contributed by atoms with Gasteiger partial charge in [0, 0.05) is 11.1 Å². The molecular formula is C16H13N2O4-. The molecule has 0 unspecified atom stereocenters. The van der Waals surface area contributed by atoms with Crippen molar-refractivity contribution in [3.8, 4) is 5.75 Å². The van der Waals surface area contributed by atoms with E-state index in [4.69, 9.17) is 4.74 Å². The van der Waals surface area contributed by atoms with Gasteiger partial charge in [0.1, 0.15) is 5.75 Å². The molecule has 2 aromatic carbocycles. The van der Waals surface area contributed by atoms with Crippen molar-refractivity contribution < 1.29 is 19.4 Å². The minimum atomic E-state index is -1.31. The zero-order valence-corrected chi connectivity index (χ0v) is 11.8. The van der Waals surface area contributed by atoms with Crippen LogP contribution in [-0.2, 0) is 0 Å². The number of hydrazone groups is 1. The molecule has 0 fully saturated rings. The van der Waals surface area contributed by atoms with Crippen LogP contribution in [0.1, 0.15) is 26.3 Å². The topological polar surface area (TPSA) is 90.8 Å². The Morgan fingerprint density at radius 2 is 1.73 bits per heavy atom. The summed E-state index contributed by atoms with van der Waals surface area (Å²) in [7, 11) is 1.46. The Labute approximate surface area is 127 Å². The molecule has 0 saturated carbocycles. The minimum Gasteiger partial charge on any atom is -0.545 e. The van der Waals surface area contributed by atoms with Crippen molar-refractivity contribution in [2.45, 2.75) is 0 Å². The number of hydrogen-bond acceptors (Lipinski definition) is 5. The van der Waals surface area contributed by atoms with Gasteiger partial charge in [0.15, 0.2) is 0 Å². The number of nitrogens with one attached hydrogen (secondary N) is 1. The number of carbonyl (C=O) groups excluding carboxylic acids is 2. The second kappa shape index (κ2) is 7.03. The molecule has 0 aliphatic carbocycles. The van der Waals surface area contributed by atoms with Crippen LogP contribution in [0.25, 0.3) is 0 Å². The van der Waals surface area contributed by atoms with E-state index in [0.717, 1.165) is 0 Å². The van der Waals surface area contributed by atoms with Gasteiger partial charge in [-0.05, 0) is 12.1 Å². The van der Waals surface area contributed by atoms with E-state index in [1.54, 1.807) is 42.5 Å². The lowest BCUT2D eigenvalue weighted by Crippen LogP contribution is -2.24. The first-order chi connectivity index (χ1) is 10.6. The molecule has 0 radical (unpaired) electrons. The zero-order valence-electron chi connectivity index (χ0n) is 11.8. The first-order valence-corrected chi connectivity index (χ1v) is 6.40. The summed E-state index contributed by atoms with van der Waals surface area (Å²) < 4.78 is 5.08. The van der Waals surface area contributed by atoms with Gasteiger partial charge in [-0.15, -0.1) is 0 Å². The number of carboxylic acids is 1. The van der Waals surface area contributed by atoms with Gasteiger partial charge in [0.2, 0.25) is 0 Å². The second-order valence-electron chi connectivity index (χ2n) is 4.27. The van der Waals surface area contributed by atoms with Crippen LogP contribution in [0.15, 0.2) is 53.6 Å². The molecule has 2 aromatic rings. The van der Waals surface area contributed by atoms with Crippen molar-refractivity contribution in [2.24, 2.45) is 5.10 Å². The molecule has 0 atom stereocenters. The van der Waals surface area contributed by atoms with Gasteiger partial charge in [0.05, 0.1) is 24.9 Å². The Morgan fingerprint density at radius 3 is 2.41 bits per heavy atom. The molecule has 0 heterocycles. The van der Waals surface area contributed by atoms with Crippen molar-refractivity contribution in [1.29, 1.82) is 0 Å². The summed E-state index contributed by atoms with van der Waals surface area (Å²) in [6, 6.07) is 12.9. The average Bonchev–Trinajstić information content (AvgIpc) is 2.55. The molecule has 1 N–H and O–H groups in total. The molecule has 6 nitrogen and oxygen atoms in total. The molecule has 0 aliphatic rings. The molecule has 2 rings (SSSR count). The van der Waals surface area contributed by atoms with Crippen LogP contribution in [0.3, 0.4) is 0 Å². The summed E-state index contributed by atoms with van der Waals surface area (Å²) in [6.45, 7) is 0. The van der Waals surface area contributed by atoms with Crippen molar-refractivity contribution >= 4 is 18.1 Å². The zero-order chi connectivity index (χ0) is 15.9. The Bertz CT molecular complexity index is 726. The van der Waals surface area contributed by atoms with Crippen molar-refractivity contribution in [3.63, 3.8) is 0 Å². The number of ether oxygens (including phenoxy) is 1. The number of amides is 1. The molecule has 0 saturated heterocycles. The summed E-state index contributed by atoms with van der Waals surface area (Å²) in [5.74, 6) is -1.34. The van der Waals surface area contributed by atoms with Gasteiger partial charge < -0.3 is 14.6 Å². The molecular weight excluding hydrogens is 284 g/mol. The highest BCUT2D eigenvalue weighted by molar-refractivity contribution is 5.99. The van der Waals surface area contributed by atoms with E-state index in [9.17, 15) is 14.7 Å². The Morgan fingerprint density at radius 1 is 1.09 bits per heavy atom. The third-order valence-corrected chi connectivity index (χ3v) is 2.90. The Kier molecular flexibility index (Phi) is 4.87. The molecule has 0 aromatic heterocycles. The lowest BCUT2D eigenvalue weighted by Gasteiger charge is -2.07. The van der Waals surface area contributed by atoms with Crippen molar-refractivity contribution in [1.82, 2.24) is 5.43 Å². The highest BCUT2D eigenvalue weighted by Gasteiger charge is 2.10. The van der Waals surface area contributed by atoms with Crippen LogP contribution in [-0.4, -0.2) is 25.2 Å². The van der Waals surface area contributed by atoms with Gasteiger partial charge in [-0.1, -0.05) is 36.4 Å². The predicted molar refractivity (Wildman–Crippen MR) is 78.8 cm³/mol. The fourth-order valence-electron chi connectivity index (χ4n) is 1.85. The largest absolute Gasteiger partial charge is 0.545 e. The van der Waals surface area contributed by atoms with Crippen LogP contribution >= 0.6 is 0 Å². The summed E-state index contributed by atoms with van der Waals surface area (Å²) in [5.41, 5.74) is 2.99. The van der Waals surface area contributed by atoms with E-state index in [-0.39, 0.29) is 5.56 Å². The smallest absolute Gasteiger partial charge is 0.275 e. The van der Waals surface area contributed by atoms with E-state index < -0.39 is 11.9 Å². The Hall–Kier alpha value is -3.15. The quantitative estimate of drug-likeness (QED) is 0.653. The first-order valence-electron chi connectivity index (χ1n) is 6.40. The highest BCUT2D eigenvalue weighted by atomic mass is 16.5. The number of nitrogens with zero attached hydrogens (tertiary/aromatic N) is 1. The SMILES string of the molecule is COc1ccccc1C(=O)N/N=C\c1ccccc1C(=O)[O-]. The van der Waals surface area contributed by atoms with E-state index >= 15 is 0 Å². The number of carbonyl (C=O) groups is 2. The standard InChI is InChI=1S/C16H14N2O4/c1-22-14-9-5-4-8-13(14)15(19)18-17-10-11-6-2-3-7-12(11)16(20)21/h2-10H,1H3,(H,18,19)(H,20,21)/p-1/b17-10-. The van der Waals surface area contributed by atoms with E-state index in [1.807, 2.05) is 0 Å². The van der Waals surface area contributed by atoms with Crippen LogP contribution in [0.5, 0.6) is 5.75 Å². The molecule has 0 spiro atoms. The fourth-order valence-corrected chi connectivity index (χ4v) is 1.85. The summed E-state index contributed by atoms with van der Waals surface area (Å²) in [6.07, 6.45) is 1.25. The summed E-state index contributed by atoms with van der Waals surface area (Å²) >= 11 is 0. The van der Waals surface area contributed by atoms with Crippen molar-refractivity contribution in [2.75, 3.05) is 7.11 Å². The van der Waals surface area contributed by atoms with Gasteiger partial charge in [-0.3, -0.25) is 4.79 Å². The third kappa shape index (κ3) is 3.49. The molecule has 6 heteroatoms. The Balaban J connectivity index is 2.13. The maximum absolute atomic E-state index is 12.0. The average molecular weight is 297 g/mol. The number of para-hydroxylation sites is 1. The second-order valence-corrected chi connectivity index (χ2v) is 4.27. The van der Waals surface area contributed by atoms with Gasteiger partial charge in [0.25, 0.3) is 5.91 Å². The summed E-state index contributed by atoms with van der Waals surface area (Å²) in [4.78, 5) is 22.9. The predicted octanol–water partition coefficient (Wildman–Crippen LogP) is 0.823. The van der Waals surface area contributed by atoms with Crippen LogP contribution in [0.2, 0.25) is 0 Å². The van der Waals surface area contributed by atoms with Gasteiger partial charge >= 0.3 is 0 Å². The maximum Gasteiger partial charge on any atom is 0.275 e. The van der Waals surface area contributed by atoms with E-state index in [1.165, 1.54) is 19.4 Å². The number of methoxy groups -OCH3 is 1. The van der Waals surface area contributed by atoms with Crippen LogP contribution in [0.4, 0.5) is 0 Å². The molecule has 0 bridgehead atoms. The number of aromatic carboxylic acids is 1. The van der Waals surface area contributed by atoms with Crippen LogP contribution in [0, 0.1) is 0 Å². The number of rotatable bonds is 5. The monoisotopic (exact) mass is 297 g/mol.